The van der Waals surface area contributed by atoms with Crippen molar-refractivity contribution in [3.63, 3.8) is 0 Å². The first kappa shape index (κ1) is 23.9. The number of rotatable bonds is 8. The first-order chi connectivity index (χ1) is 15.9. The number of nitrogens with one attached hydrogen (secondary N) is 2. The number of benzene rings is 2. The number of hydrogen-bond acceptors (Lipinski definition) is 5. The highest BCUT2D eigenvalue weighted by Gasteiger charge is 2.31. The Labute approximate surface area is 191 Å². The van der Waals surface area contributed by atoms with Crippen molar-refractivity contribution in [1.29, 1.82) is 0 Å². The number of urea groups is 1. The van der Waals surface area contributed by atoms with Crippen LogP contribution in [-0.4, -0.2) is 50.5 Å². The number of likely N-dealkylation sites (N-methyl/N-ethyl adjacent to an activating group) is 1. The number of anilines is 1. The standard InChI is InChI=1S/C24H27FN4O4/c1-29-19-13-8-6-11-17(19)21(16-10-5-7-12-18(16)25)27-22(23(29)31)28-24(32)26-15-9-3-4-14-20(30)33-2/h5-8,10-13,22H,3-4,9,14-15H2,1-2H3,(H2,26,28,32). The van der Waals surface area contributed by atoms with Crippen LogP contribution in [0.25, 0.3) is 0 Å². The van der Waals surface area contributed by atoms with Crippen LogP contribution in [0.5, 0.6) is 0 Å². The van der Waals surface area contributed by atoms with Crippen molar-refractivity contribution < 1.29 is 23.5 Å². The third-order valence-corrected chi connectivity index (χ3v) is 5.31. The summed E-state index contributed by atoms with van der Waals surface area (Å²) < 4.78 is 19.2. The molecule has 1 aliphatic rings. The highest BCUT2D eigenvalue weighted by atomic mass is 19.1. The zero-order chi connectivity index (χ0) is 23.8. The maximum absolute atomic E-state index is 14.6. The molecule has 174 valence electrons. The van der Waals surface area contributed by atoms with Crippen LogP contribution in [0.1, 0.15) is 36.8 Å². The summed E-state index contributed by atoms with van der Waals surface area (Å²) >= 11 is 0. The Morgan fingerprint density at radius 1 is 1.06 bits per heavy atom. The van der Waals surface area contributed by atoms with E-state index in [0.29, 0.717) is 37.1 Å². The molecule has 2 aromatic rings. The molecule has 0 saturated carbocycles. The van der Waals surface area contributed by atoms with E-state index in [1.807, 2.05) is 0 Å². The number of hydrogen-bond donors (Lipinski definition) is 2. The Morgan fingerprint density at radius 2 is 1.76 bits per heavy atom. The lowest BCUT2D eigenvalue weighted by Gasteiger charge is -2.21. The van der Waals surface area contributed by atoms with Crippen molar-refractivity contribution in [3.05, 3.63) is 65.5 Å². The van der Waals surface area contributed by atoms with E-state index in [2.05, 4.69) is 20.4 Å². The molecule has 1 unspecified atom stereocenters. The van der Waals surface area contributed by atoms with Crippen LogP contribution in [0.15, 0.2) is 53.5 Å². The molecule has 3 amide bonds. The normalized spacial score (nSPS) is 15.2. The molecule has 8 nitrogen and oxygen atoms in total. The number of carbonyl (C=O) groups excluding carboxylic acids is 3. The van der Waals surface area contributed by atoms with Gasteiger partial charge in [-0.25, -0.2) is 14.2 Å². The third kappa shape index (κ3) is 5.94. The van der Waals surface area contributed by atoms with Gasteiger partial charge >= 0.3 is 12.0 Å². The van der Waals surface area contributed by atoms with Crippen LogP contribution in [0.3, 0.4) is 0 Å². The number of ether oxygens (including phenoxy) is 1. The van der Waals surface area contributed by atoms with Crippen molar-refractivity contribution in [2.45, 2.75) is 31.8 Å². The van der Waals surface area contributed by atoms with E-state index in [1.165, 1.54) is 18.1 Å². The molecule has 1 aliphatic heterocycles. The summed E-state index contributed by atoms with van der Waals surface area (Å²) in [7, 11) is 2.94. The third-order valence-electron chi connectivity index (χ3n) is 5.31. The average molecular weight is 455 g/mol. The monoisotopic (exact) mass is 454 g/mol. The van der Waals surface area contributed by atoms with Crippen LogP contribution in [-0.2, 0) is 14.3 Å². The highest BCUT2D eigenvalue weighted by molar-refractivity contribution is 6.20. The van der Waals surface area contributed by atoms with Gasteiger partial charge in [0.1, 0.15) is 5.82 Å². The van der Waals surface area contributed by atoms with E-state index in [4.69, 9.17) is 0 Å². The zero-order valence-electron chi connectivity index (χ0n) is 18.6. The summed E-state index contributed by atoms with van der Waals surface area (Å²) in [6, 6.07) is 12.7. The second-order valence-electron chi connectivity index (χ2n) is 7.56. The summed E-state index contributed by atoms with van der Waals surface area (Å²) in [5.41, 5.74) is 1.69. The van der Waals surface area contributed by atoms with Gasteiger partial charge in [-0.2, -0.15) is 0 Å². The van der Waals surface area contributed by atoms with Crippen molar-refractivity contribution in [3.8, 4) is 0 Å². The predicted molar refractivity (Wildman–Crippen MR) is 123 cm³/mol. The Bertz CT molecular complexity index is 1060. The minimum absolute atomic E-state index is 0.242. The van der Waals surface area contributed by atoms with E-state index in [-0.39, 0.29) is 17.2 Å². The van der Waals surface area contributed by atoms with Crippen molar-refractivity contribution in [2.24, 2.45) is 4.99 Å². The van der Waals surface area contributed by atoms with Gasteiger partial charge in [0.25, 0.3) is 5.91 Å². The molecule has 0 fully saturated rings. The number of fused-ring (bicyclic) bond motifs is 1. The van der Waals surface area contributed by atoms with E-state index in [1.54, 1.807) is 49.5 Å². The quantitative estimate of drug-likeness (QED) is 0.473. The Morgan fingerprint density at radius 3 is 2.48 bits per heavy atom. The van der Waals surface area contributed by atoms with E-state index in [9.17, 15) is 18.8 Å². The number of methoxy groups -OCH3 is 1. The van der Waals surface area contributed by atoms with Gasteiger partial charge in [0.15, 0.2) is 0 Å². The minimum atomic E-state index is -1.23. The van der Waals surface area contributed by atoms with E-state index >= 15 is 0 Å². The van der Waals surface area contributed by atoms with Crippen LogP contribution in [0, 0.1) is 5.82 Å². The predicted octanol–water partition coefficient (Wildman–Crippen LogP) is 3.00. The summed E-state index contributed by atoms with van der Waals surface area (Å²) in [5.74, 6) is -1.18. The topological polar surface area (TPSA) is 100 Å². The number of esters is 1. The van der Waals surface area contributed by atoms with Crippen LogP contribution >= 0.6 is 0 Å². The maximum atomic E-state index is 14.6. The number of para-hydroxylation sites is 1. The molecule has 1 heterocycles. The molecular formula is C24H27FN4O4. The molecule has 0 aromatic heterocycles. The largest absolute Gasteiger partial charge is 0.469 e. The molecular weight excluding hydrogens is 427 g/mol. The lowest BCUT2D eigenvalue weighted by atomic mass is 10.00. The van der Waals surface area contributed by atoms with Crippen LogP contribution in [0.2, 0.25) is 0 Å². The Kier molecular flexibility index (Phi) is 8.12. The molecule has 0 bridgehead atoms. The van der Waals surface area contributed by atoms with Crippen molar-refractivity contribution in [1.82, 2.24) is 10.6 Å². The van der Waals surface area contributed by atoms with Gasteiger partial charge in [-0.3, -0.25) is 9.59 Å². The van der Waals surface area contributed by atoms with Gasteiger partial charge in [0.2, 0.25) is 6.17 Å². The number of amides is 3. The second kappa shape index (κ2) is 11.2. The first-order valence-electron chi connectivity index (χ1n) is 10.7. The lowest BCUT2D eigenvalue weighted by molar-refractivity contribution is -0.140. The fraction of sp³-hybridized carbons (Fsp3) is 0.333. The first-order valence-corrected chi connectivity index (χ1v) is 10.7. The summed E-state index contributed by atoms with van der Waals surface area (Å²) in [6.45, 7) is 0.369. The molecule has 0 aliphatic carbocycles. The van der Waals surface area contributed by atoms with Crippen LogP contribution < -0.4 is 15.5 Å². The number of halogens is 1. The molecule has 1 atom stereocenters. The Hall–Kier alpha value is -3.75. The Balaban J connectivity index is 1.73. The summed E-state index contributed by atoms with van der Waals surface area (Å²) in [4.78, 5) is 42.5. The van der Waals surface area contributed by atoms with E-state index < -0.39 is 23.9 Å². The SMILES string of the molecule is COC(=O)CCCCCNC(=O)NC1N=C(c2ccccc2F)c2ccccc2N(C)C1=O. The van der Waals surface area contributed by atoms with Gasteiger partial charge in [-0.15, -0.1) is 0 Å². The molecule has 9 heteroatoms. The molecule has 3 rings (SSSR count). The van der Waals surface area contributed by atoms with E-state index in [0.717, 1.165) is 6.42 Å². The summed E-state index contributed by atoms with van der Waals surface area (Å²) in [6.07, 6.45) is 1.18. The number of nitrogens with zero attached hydrogens (tertiary/aromatic N) is 2. The maximum Gasteiger partial charge on any atom is 0.316 e. The zero-order valence-corrected chi connectivity index (χ0v) is 18.6. The summed E-state index contributed by atoms with van der Waals surface area (Å²) in [5, 5.41) is 5.28. The molecule has 0 spiro atoms. The fourth-order valence-corrected chi connectivity index (χ4v) is 3.53. The van der Waals surface area contributed by atoms with Gasteiger partial charge < -0.3 is 20.3 Å². The number of unbranched alkanes of at least 4 members (excludes halogenated alkanes) is 2. The van der Waals surface area contributed by atoms with Crippen molar-refractivity contribution >= 4 is 29.3 Å². The smallest absolute Gasteiger partial charge is 0.316 e. The molecule has 0 radical (unpaired) electrons. The molecule has 33 heavy (non-hydrogen) atoms. The van der Waals surface area contributed by atoms with Gasteiger partial charge in [-0.1, -0.05) is 36.8 Å². The lowest BCUT2D eigenvalue weighted by Crippen LogP contribution is -2.49. The van der Waals surface area contributed by atoms with Crippen LogP contribution in [0.4, 0.5) is 14.9 Å². The highest BCUT2D eigenvalue weighted by Crippen LogP contribution is 2.27. The van der Waals surface area contributed by atoms with Gasteiger partial charge in [0.05, 0.1) is 18.5 Å². The number of benzodiazepines with no additional fused rings is 1. The number of aliphatic imine (C=N–C) groups is 1. The second-order valence-corrected chi connectivity index (χ2v) is 7.56. The molecule has 0 saturated heterocycles. The molecule has 2 aromatic carbocycles. The average Bonchev–Trinajstić information content (AvgIpc) is 2.92. The minimum Gasteiger partial charge on any atom is -0.469 e. The van der Waals surface area contributed by atoms with Gasteiger partial charge in [0, 0.05) is 31.1 Å². The van der Waals surface area contributed by atoms with Crippen molar-refractivity contribution in [2.75, 3.05) is 25.6 Å². The van der Waals surface area contributed by atoms with Gasteiger partial charge in [-0.05, 0) is 31.0 Å². The fourth-order valence-electron chi connectivity index (χ4n) is 3.53. The number of carbonyl (C=O) groups is 3. The molecule has 2 N–H and O–H groups in total.